The molecule has 5 nitrogen and oxygen atoms in total. The van der Waals surface area contributed by atoms with Crippen molar-refractivity contribution in [1.29, 1.82) is 0 Å². The first-order valence-corrected chi connectivity index (χ1v) is 9.69. The van der Waals surface area contributed by atoms with E-state index in [1.807, 2.05) is 49.1 Å². The lowest BCUT2D eigenvalue weighted by atomic mass is 10.1. The summed E-state index contributed by atoms with van der Waals surface area (Å²) in [6.07, 6.45) is 0. The minimum atomic E-state index is -0.115. The molecule has 1 atom stereocenters. The molecule has 0 radical (unpaired) electrons. The maximum absolute atomic E-state index is 13.0. The molecule has 0 spiro atoms. The first-order chi connectivity index (χ1) is 13.1. The molecule has 0 saturated carbocycles. The number of amides is 1. The van der Waals surface area contributed by atoms with Crippen LogP contribution in [0.15, 0.2) is 54.6 Å². The SMILES string of the molecule is CCN(Cc1ccccc1)C(=O)[C@@H](C)N1CCN(c2ccc(O)cc2)CC1. The fourth-order valence-corrected chi connectivity index (χ4v) is 3.60. The van der Waals surface area contributed by atoms with E-state index in [0.717, 1.165) is 37.4 Å². The van der Waals surface area contributed by atoms with Gasteiger partial charge in [-0.3, -0.25) is 9.69 Å². The number of benzene rings is 2. The first kappa shape index (κ1) is 19.2. The van der Waals surface area contributed by atoms with E-state index >= 15 is 0 Å². The average molecular weight is 367 g/mol. The lowest BCUT2D eigenvalue weighted by molar-refractivity contribution is -0.137. The van der Waals surface area contributed by atoms with Crippen molar-refractivity contribution in [3.63, 3.8) is 0 Å². The van der Waals surface area contributed by atoms with Crippen LogP contribution in [0.25, 0.3) is 0 Å². The number of phenolic OH excluding ortho intramolecular Hbond substituents is 1. The van der Waals surface area contributed by atoms with Crippen molar-refractivity contribution in [3.05, 3.63) is 60.2 Å². The molecule has 2 aromatic carbocycles. The van der Waals surface area contributed by atoms with Crippen LogP contribution >= 0.6 is 0 Å². The highest BCUT2D eigenvalue weighted by Crippen LogP contribution is 2.21. The topological polar surface area (TPSA) is 47.0 Å². The van der Waals surface area contributed by atoms with E-state index in [9.17, 15) is 9.90 Å². The molecule has 0 bridgehead atoms. The molecule has 1 heterocycles. The summed E-state index contributed by atoms with van der Waals surface area (Å²) in [6, 6.07) is 17.4. The summed E-state index contributed by atoms with van der Waals surface area (Å²) in [7, 11) is 0. The van der Waals surface area contributed by atoms with Crippen molar-refractivity contribution in [2.45, 2.75) is 26.4 Å². The second-order valence-electron chi connectivity index (χ2n) is 7.05. The highest BCUT2D eigenvalue weighted by atomic mass is 16.3. The van der Waals surface area contributed by atoms with Gasteiger partial charge in [0.1, 0.15) is 5.75 Å². The summed E-state index contributed by atoms with van der Waals surface area (Å²) in [5.74, 6) is 0.481. The number of rotatable bonds is 6. The number of phenols is 1. The normalized spacial score (nSPS) is 16.1. The summed E-state index contributed by atoms with van der Waals surface area (Å²) in [5.41, 5.74) is 2.28. The zero-order valence-corrected chi connectivity index (χ0v) is 16.2. The summed E-state index contributed by atoms with van der Waals surface area (Å²) in [6.45, 7) is 8.91. The molecule has 0 unspecified atom stereocenters. The van der Waals surface area contributed by atoms with Gasteiger partial charge in [0.25, 0.3) is 0 Å². The molecule has 1 N–H and O–H groups in total. The number of hydrogen-bond acceptors (Lipinski definition) is 4. The number of anilines is 1. The zero-order chi connectivity index (χ0) is 19.2. The fourth-order valence-electron chi connectivity index (χ4n) is 3.60. The predicted octanol–water partition coefficient (Wildman–Crippen LogP) is 2.95. The van der Waals surface area contributed by atoms with Crippen LogP contribution in [-0.4, -0.2) is 59.6 Å². The van der Waals surface area contributed by atoms with Crippen LogP contribution in [0.3, 0.4) is 0 Å². The quantitative estimate of drug-likeness (QED) is 0.853. The molecule has 1 amide bonds. The number of carbonyl (C=O) groups is 1. The van der Waals surface area contributed by atoms with Gasteiger partial charge in [-0.05, 0) is 43.7 Å². The van der Waals surface area contributed by atoms with E-state index in [0.29, 0.717) is 13.1 Å². The number of aromatic hydroxyl groups is 1. The third-order valence-electron chi connectivity index (χ3n) is 5.34. The van der Waals surface area contributed by atoms with Crippen LogP contribution in [0, 0.1) is 0 Å². The first-order valence-electron chi connectivity index (χ1n) is 9.69. The number of hydrogen-bond donors (Lipinski definition) is 1. The summed E-state index contributed by atoms with van der Waals surface area (Å²) < 4.78 is 0. The van der Waals surface area contributed by atoms with Gasteiger partial charge in [0, 0.05) is 45.0 Å². The molecule has 0 aliphatic carbocycles. The predicted molar refractivity (Wildman–Crippen MR) is 109 cm³/mol. The second kappa shape index (κ2) is 8.91. The molecule has 5 heteroatoms. The standard InChI is InChI=1S/C22H29N3O2/c1-3-23(17-19-7-5-4-6-8-19)22(27)18(2)24-13-15-25(16-14-24)20-9-11-21(26)12-10-20/h4-12,18,26H,3,13-17H2,1-2H3/t18-/m1/s1. The van der Waals surface area contributed by atoms with Crippen LogP contribution in [0.2, 0.25) is 0 Å². The maximum Gasteiger partial charge on any atom is 0.239 e. The Hall–Kier alpha value is -2.53. The largest absolute Gasteiger partial charge is 0.508 e. The van der Waals surface area contributed by atoms with Crippen molar-refractivity contribution >= 4 is 11.6 Å². The van der Waals surface area contributed by atoms with E-state index in [4.69, 9.17) is 0 Å². The molecule has 0 aromatic heterocycles. The lowest BCUT2D eigenvalue weighted by Gasteiger charge is -2.39. The highest BCUT2D eigenvalue weighted by Gasteiger charge is 2.28. The van der Waals surface area contributed by atoms with Crippen molar-refractivity contribution < 1.29 is 9.90 Å². The van der Waals surface area contributed by atoms with Crippen molar-refractivity contribution in [2.24, 2.45) is 0 Å². The number of carbonyl (C=O) groups excluding carboxylic acids is 1. The third-order valence-corrected chi connectivity index (χ3v) is 5.34. The van der Waals surface area contributed by atoms with Crippen LogP contribution in [0.4, 0.5) is 5.69 Å². The Balaban J connectivity index is 1.56. The van der Waals surface area contributed by atoms with Gasteiger partial charge in [0.2, 0.25) is 5.91 Å². The minimum Gasteiger partial charge on any atom is -0.508 e. The number of nitrogens with zero attached hydrogens (tertiary/aromatic N) is 3. The third kappa shape index (κ3) is 4.80. The second-order valence-corrected chi connectivity index (χ2v) is 7.05. The molecule has 1 aliphatic heterocycles. The van der Waals surface area contributed by atoms with Gasteiger partial charge in [0.15, 0.2) is 0 Å². The van der Waals surface area contributed by atoms with E-state index in [2.05, 4.69) is 21.9 Å². The van der Waals surface area contributed by atoms with E-state index < -0.39 is 0 Å². The van der Waals surface area contributed by atoms with Gasteiger partial charge in [0.05, 0.1) is 6.04 Å². The smallest absolute Gasteiger partial charge is 0.239 e. The van der Waals surface area contributed by atoms with Gasteiger partial charge in [-0.2, -0.15) is 0 Å². The molecule has 144 valence electrons. The van der Waals surface area contributed by atoms with E-state index in [1.165, 1.54) is 0 Å². The Bertz CT molecular complexity index is 725. The molecule has 27 heavy (non-hydrogen) atoms. The van der Waals surface area contributed by atoms with E-state index in [-0.39, 0.29) is 17.7 Å². The average Bonchev–Trinajstić information content (AvgIpc) is 2.72. The van der Waals surface area contributed by atoms with Gasteiger partial charge < -0.3 is 14.9 Å². The number of piperazine rings is 1. The van der Waals surface area contributed by atoms with E-state index in [1.54, 1.807) is 12.1 Å². The summed E-state index contributed by atoms with van der Waals surface area (Å²) in [5, 5.41) is 9.44. The summed E-state index contributed by atoms with van der Waals surface area (Å²) >= 11 is 0. The Labute approximate surface area is 161 Å². The van der Waals surface area contributed by atoms with Gasteiger partial charge >= 0.3 is 0 Å². The molecule has 2 aromatic rings. The Morgan fingerprint density at radius 3 is 2.26 bits per heavy atom. The van der Waals surface area contributed by atoms with Crippen LogP contribution in [-0.2, 0) is 11.3 Å². The molecule has 1 aliphatic rings. The van der Waals surface area contributed by atoms with Gasteiger partial charge in [-0.1, -0.05) is 30.3 Å². The van der Waals surface area contributed by atoms with Gasteiger partial charge in [-0.15, -0.1) is 0 Å². The highest BCUT2D eigenvalue weighted by molar-refractivity contribution is 5.81. The molecule has 3 rings (SSSR count). The maximum atomic E-state index is 13.0. The van der Waals surface area contributed by atoms with Crippen LogP contribution < -0.4 is 4.90 Å². The Morgan fingerprint density at radius 1 is 1.04 bits per heavy atom. The molecule has 1 fully saturated rings. The minimum absolute atomic E-state index is 0.115. The fraction of sp³-hybridized carbons (Fsp3) is 0.409. The molecular weight excluding hydrogens is 338 g/mol. The zero-order valence-electron chi connectivity index (χ0n) is 16.2. The summed E-state index contributed by atoms with van der Waals surface area (Å²) in [4.78, 5) is 19.5. The number of likely N-dealkylation sites (N-methyl/N-ethyl adjacent to an activating group) is 1. The van der Waals surface area contributed by atoms with Crippen LogP contribution in [0.5, 0.6) is 5.75 Å². The molecule has 1 saturated heterocycles. The lowest BCUT2D eigenvalue weighted by Crippen LogP contribution is -2.54. The van der Waals surface area contributed by atoms with Gasteiger partial charge in [-0.25, -0.2) is 0 Å². The van der Waals surface area contributed by atoms with Crippen LogP contribution in [0.1, 0.15) is 19.4 Å². The monoisotopic (exact) mass is 367 g/mol. The Kier molecular flexibility index (Phi) is 6.35. The van der Waals surface area contributed by atoms with Crippen molar-refractivity contribution in [1.82, 2.24) is 9.80 Å². The molecular formula is C22H29N3O2. The van der Waals surface area contributed by atoms with Crippen molar-refractivity contribution in [2.75, 3.05) is 37.6 Å². The Morgan fingerprint density at radius 2 is 1.67 bits per heavy atom. The van der Waals surface area contributed by atoms with Crippen molar-refractivity contribution in [3.8, 4) is 5.75 Å².